The summed E-state index contributed by atoms with van der Waals surface area (Å²) < 4.78 is 22.9. The van der Waals surface area contributed by atoms with Crippen LogP contribution in [0.1, 0.15) is 147 Å². The molecule has 0 radical (unpaired) electrons. The molecule has 0 saturated heterocycles. The molecule has 372 valence electrons. The number of ether oxygens (including phenoxy) is 4. The number of nitrogens with one attached hydrogen (secondary N) is 6. The van der Waals surface area contributed by atoms with Crippen LogP contribution in [-0.2, 0) is 30.2 Å². The quantitative estimate of drug-likeness (QED) is 0.0701. The molecule has 1 aromatic heterocycles. The van der Waals surface area contributed by atoms with Crippen LogP contribution >= 0.6 is 0 Å². The number of nitrogens with two attached hydrogens (primary N) is 2. The van der Waals surface area contributed by atoms with E-state index < -0.39 is 40.5 Å². The summed E-state index contributed by atoms with van der Waals surface area (Å²) in [5, 5.41) is 14.6. The number of aromatic amines is 1. The lowest BCUT2D eigenvalue weighted by molar-refractivity contribution is -0.126. The van der Waals surface area contributed by atoms with Crippen molar-refractivity contribution in [2.45, 2.75) is 172 Å². The first-order valence-corrected chi connectivity index (χ1v) is 23.1. The number of carbonyl (C=O) groups is 4. The van der Waals surface area contributed by atoms with E-state index >= 15 is 0 Å². The Hall–Kier alpha value is -4.00. The van der Waals surface area contributed by atoms with E-state index in [1.807, 2.05) is 41.5 Å². The zero-order valence-electron chi connectivity index (χ0n) is 42.3. The van der Waals surface area contributed by atoms with Crippen molar-refractivity contribution >= 4 is 30.1 Å². The van der Waals surface area contributed by atoms with E-state index in [4.69, 9.17) is 30.4 Å². The average Bonchev–Trinajstić information content (AvgIpc) is 3.10. The standard InChI is InChI=1S/C47H85N9O9/c1-30-33(16-17-63-38(60)51-25-47(15)20-31(18-40(2,3)23-47)53-35(58)44(10,11)48)34(57)55-36(52-30)56-37(59)50-24-46(14)21-32(19-41(4,5)22-46)54-39(61)64-28-42(6,7)26-62-27-43(8,9)29-65-45(12,13)49/h31-32H,16-29,48-49H2,1-15H3,(H,51,60)(H,53,58)(H,54,61)(H3,50,52,55,56,57,59). The van der Waals surface area contributed by atoms with Gasteiger partial charge in [0.05, 0.1) is 37.7 Å². The molecule has 65 heavy (non-hydrogen) atoms. The van der Waals surface area contributed by atoms with Gasteiger partial charge in [-0.3, -0.25) is 19.9 Å². The Kier molecular flexibility index (Phi) is 18.1. The van der Waals surface area contributed by atoms with Crippen LogP contribution in [0.3, 0.4) is 0 Å². The first-order valence-electron chi connectivity index (χ1n) is 23.1. The highest BCUT2D eigenvalue weighted by molar-refractivity contribution is 5.87. The SMILES string of the molecule is Cc1nc(NC(=O)NCC2(C)CC(NC(=O)OCC(C)(C)COCC(C)(C)COC(C)(C)N)CC(C)(C)C2)[nH]c(=O)c1CCOC(=O)NCC1(C)CC(NC(=O)C(C)(C)N)CC(C)(C)C1. The van der Waals surface area contributed by atoms with Crippen LogP contribution in [0.2, 0.25) is 0 Å². The molecule has 0 aromatic carbocycles. The van der Waals surface area contributed by atoms with Crippen LogP contribution in [0.5, 0.6) is 0 Å². The molecule has 5 amide bonds. The van der Waals surface area contributed by atoms with Crippen LogP contribution in [0.25, 0.3) is 0 Å². The summed E-state index contributed by atoms with van der Waals surface area (Å²) in [6, 6.07) is -0.798. The summed E-state index contributed by atoms with van der Waals surface area (Å²) in [6.45, 7) is 31.5. The number of alkyl carbamates (subject to hydrolysis) is 2. The third-order valence-electron chi connectivity index (χ3n) is 11.9. The fraction of sp³-hybridized carbons (Fsp3) is 0.830. The number of hydrogen-bond donors (Lipinski definition) is 8. The second-order valence-corrected chi connectivity index (χ2v) is 24.2. The fourth-order valence-corrected chi connectivity index (χ4v) is 9.64. The first-order chi connectivity index (χ1) is 29.5. The zero-order chi connectivity index (χ0) is 49.5. The summed E-state index contributed by atoms with van der Waals surface area (Å²) in [6.07, 6.45) is 3.49. The molecule has 1 aromatic rings. The highest BCUT2D eigenvalue weighted by Gasteiger charge is 2.44. The highest BCUT2D eigenvalue weighted by atomic mass is 16.6. The van der Waals surface area contributed by atoms with Crippen LogP contribution < -0.4 is 43.6 Å². The molecule has 18 heteroatoms. The molecule has 0 spiro atoms. The number of aromatic nitrogens is 2. The van der Waals surface area contributed by atoms with E-state index in [1.165, 1.54) is 0 Å². The number of rotatable bonds is 20. The second-order valence-electron chi connectivity index (χ2n) is 24.2. The normalized spacial score (nSPS) is 23.5. The molecule has 2 aliphatic rings. The van der Waals surface area contributed by atoms with E-state index in [2.05, 4.69) is 78.1 Å². The molecule has 10 N–H and O–H groups in total. The molecule has 4 unspecified atom stereocenters. The van der Waals surface area contributed by atoms with Gasteiger partial charge in [-0.2, -0.15) is 0 Å². The number of aryl methyl sites for hydroxylation is 1. The number of nitrogens with zero attached hydrogens (tertiary/aromatic N) is 1. The van der Waals surface area contributed by atoms with Gasteiger partial charge in [0.15, 0.2) is 0 Å². The minimum Gasteiger partial charge on any atom is -0.449 e. The molecule has 2 saturated carbocycles. The molecule has 2 aliphatic carbocycles. The minimum atomic E-state index is -0.993. The Bertz CT molecular complexity index is 1870. The van der Waals surface area contributed by atoms with Gasteiger partial charge >= 0.3 is 18.2 Å². The van der Waals surface area contributed by atoms with Gasteiger partial charge in [-0.15, -0.1) is 0 Å². The van der Waals surface area contributed by atoms with Gasteiger partial charge in [-0.05, 0) is 94.8 Å². The van der Waals surface area contributed by atoms with E-state index in [-0.39, 0.29) is 70.6 Å². The Labute approximate surface area is 387 Å². The third-order valence-corrected chi connectivity index (χ3v) is 11.9. The van der Waals surface area contributed by atoms with Gasteiger partial charge in [-0.25, -0.2) is 19.4 Å². The molecular weight excluding hydrogens is 835 g/mol. The third kappa shape index (κ3) is 19.8. The van der Waals surface area contributed by atoms with Crippen molar-refractivity contribution < 1.29 is 38.1 Å². The minimum absolute atomic E-state index is 0.0151. The van der Waals surface area contributed by atoms with E-state index in [1.54, 1.807) is 20.8 Å². The lowest BCUT2D eigenvalue weighted by Gasteiger charge is -2.47. The monoisotopic (exact) mass is 920 g/mol. The van der Waals surface area contributed by atoms with Crippen LogP contribution in [0, 0.1) is 39.4 Å². The molecule has 18 nitrogen and oxygen atoms in total. The van der Waals surface area contributed by atoms with Crippen molar-refractivity contribution in [1.82, 2.24) is 31.2 Å². The van der Waals surface area contributed by atoms with E-state index in [0.717, 1.165) is 25.7 Å². The largest absolute Gasteiger partial charge is 0.449 e. The maximum Gasteiger partial charge on any atom is 0.407 e. The van der Waals surface area contributed by atoms with Gasteiger partial charge in [0, 0.05) is 48.0 Å². The molecule has 0 bridgehead atoms. The fourth-order valence-electron chi connectivity index (χ4n) is 9.64. The molecular formula is C47H85N9O9. The van der Waals surface area contributed by atoms with Gasteiger partial charge in [0.1, 0.15) is 12.3 Å². The zero-order valence-corrected chi connectivity index (χ0v) is 42.3. The Morgan fingerprint density at radius 3 is 1.77 bits per heavy atom. The van der Waals surface area contributed by atoms with Crippen molar-refractivity contribution in [3.8, 4) is 0 Å². The van der Waals surface area contributed by atoms with Gasteiger partial charge in [0.25, 0.3) is 5.56 Å². The van der Waals surface area contributed by atoms with Crippen LogP contribution in [0.4, 0.5) is 20.3 Å². The maximum atomic E-state index is 13.1. The van der Waals surface area contributed by atoms with Crippen LogP contribution in [0.15, 0.2) is 4.79 Å². The second kappa shape index (κ2) is 21.3. The number of anilines is 1. The van der Waals surface area contributed by atoms with Crippen molar-refractivity contribution in [2.75, 3.05) is 51.4 Å². The van der Waals surface area contributed by atoms with E-state index in [0.29, 0.717) is 57.0 Å². The van der Waals surface area contributed by atoms with Crippen molar-refractivity contribution in [3.63, 3.8) is 0 Å². The number of amides is 5. The Morgan fingerprint density at radius 2 is 1.25 bits per heavy atom. The summed E-state index contributed by atoms with van der Waals surface area (Å²) in [4.78, 5) is 71.6. The molecule has 3 rings (SSSR count). The summed E-state index contributed by atoms with van der Waals surface area (Å²) in [5.41, 5.74) is 8.99. The molecule has 1 heterocycles. The molecule has 0 aliphatic heterocycles. The summed E-state index contributed by atoms with van der Waals surface area (Å²) >= 11 is 0. The van der Waals surface area contributed by atoms with Crippen molar-refractivity contribution in [3.05, 3.63) is 21.6 Å². The lowest BCUT2D eigenvalue weighted by Crippen LogP contribution is -2.56. The average molecular weight is 920 g/mol. The molecule has 4 atom stereocenters. The van der Waals surface area contributed by atoms with Gasteiger partial charge in [0.2, 0.25) is 11.9 Å². The number of hydrogen-bond acceptors (Lipinski definition) is 12. The Morgan fingerprint density at radius 1 is 0.723 bits per heavy atom. The topological polar surface area (TPSA) is 263 Å². The predicted octanol–water partition coefficient (Wildman–Crippen LogP) is 6.00. The molecule has 2 fully saturated rings. The number of urea groups is 1. The van der Waals surface area contributed by atoms with Crippen molar-refractivity contribution in [1.29, 1.82) is 0 Å². The Balaban J connectivity index is 1.45. The van der Waals surface area contributed by atoms with E-state index in [9.17, 15) is 24.0 Å². The maximum absolute atomic E-state index is 13.1. The highest BCUT2D eigenvalue weighted by Crippen LogP contribution is 2.47. The smallest absolute Gasteiger partial charge is 0.407 e. The predicted molar refractivity (Wildman–Crippen MR) is 252 cm³/mol. The van der Waals surface area contributed by atoms with Crippen molar-refractivity contribution in [2.24, 2.45) is 44.0 Å². The first kappa shape index (κ1) is 55.3. The number of carbonyl (C=O) groups excluding carboxylic acids is 4. The van der Waals surface area contributed by atoms with Gasteiger partial charge in [-0.1, -0.05) is 69.2 Å². The van der Waals surface area contributed by atoms with Crippen LogP contribution in [-0.4, -0.2) is 104 Å². The van der Waals surface area contributed by atoms with Gasteiger partial charge < -0.3 is 51.7 Å². The summed E-state index contributed by atoms with van der Waals surface area (Å²) in [7, 11) is 0. The lowest BCUT2D eigenvalue weighted by atomic mass is 9.62. The summed E-state index contributed by atoms with van der Waals surface area (Å²) in [5.74, 6) is -0.228. The number of H-pyrrole nitrogens is 1.